The molecule has 27 heavy (non-hydrogen) atoms. The number of ether oxygens (including phenoxy) is 2. The van der Waals surface area contributed by atoms with Crippen molar-refractivity contribution in [3.63, 3.8) is 0 Å². The molecule has 0 N–H and O–H groups in total. The summed E-state index contributed by atoms with van der Waals surface area (Å²) < 4.78 is 24.8. The highest BCUT2D eigenvalue weighted by Crippen LogP contribution is 2.49. The molecule has 4 heteroatoms. The van der Waals surface area contributed by atoms with Gasteiger partial charge in [0, 0.05) is 0 Å². The molecule has 0 aromatic heterocycles. The largest absolute Gasteiger partial charge is 0.462 e. The molecule has 3 fully saturated rings. The molecule has 2 aromatic carbocycles. The zero-order valence-electron chi connectivity index (χ0n) is 15.6. The Kier molecular flexibility index (Phi) is 5.15. The van der Waals surface area contributed by atoms with Gasteiger partial charge in [0.15, 0.2) is 11.6 Å². The lowest BCUT2D eigenvalue weighted by molar-refractivity contribution is 0.0525. The van der Waals surface area contributed by atoms with Crippen LogP contribution in [-0.2, 0) is 4.74 Å². The van der Waals surface area contributed by atoms with Crippen molar-refractivity contribution in [1.82, 2.24) is 0 Å². The summed E-state index contributed by atoms with van der Waals surface area (Å²) in [4.78, 5) is 11.7. The molecule has 5 rings (SSSR count). The highest BCUT2D eigenvalue weighted by atomic mass is 19.1. The standard InChI is InChI=1S/C23H25FO3/c1-2-26-23(25)18-9-12-22(21(24)14-18)27-19-10-7-17(8-11-19)20-13-15-3-5-16(20)6-4-15/h7-12,14-16,20H,2-6,13H2,1H3. The van der Waals surface area contributed by atoms with Crippen LogP contribution in [0.3, 0.4) is 0 Å². The van der Waals surface area contributed by atoms with E-state index in [1.54, 1.807) is 6.92 Å². The summed E-state index contributed by atoms with van der Waals surface area (Å²) in [5.74, 6) is 1.96. The van der Waals surface area contributed by atoms with E-state index >= 15 is 0 Å². The lowest BCUT2D eigenvalue weighted by atomic mass is 9.63. The molecule has 3 saturated carbocycles. The molecule has 3 aliphatic rings. The maximum Gasteiger partial charge on any atom is 0.338 e. The van der Waals surface area contributed by atoms with Gasteiger partial charge in [-0.1, -0.05) is 25.0 Å². The number of carbonyl (C=O) groups excluding carboxylic acids is 1. The summed E-state index contributed by atoms with van der Waals surface area (Å²) in [6.07, 6.45) is 6.79. The minimum absolute atomic E-state index is 0.104. The van der Waals surface area contributed by atoms with Crippen molar-refractivity contribution in [3.8, 4) is 11.5 Å². The van der Waals surface area contributed by atoms with Crippen molar-refractivity contribution in [2.45, 2.75) is 44.9 Å². The van der Waals surface area contributed by atoms with Gasteiger partial charge in [-0.2, -0.15) is 0 Å². The SMILES string of the molecule is CCOC(=O)c1ccc(Oc2ccc(C3CC4CCC3CC4)cc2)c(F)c1. The summed E-state index contributed by atoms with van der Waals surface area (Å²) >= 11 is 0. The fourth-order valence-electron chi connectivity index (χ4n) is 4.62. The van der Waals surface area contributed by atoms with Crippen LogP contribution < -0.4 is 4.74 Å². The van der Waals surface area contributed by atoms with Crippen LogP contribution in [-0.4, -0.2) is 12.6 Å². The van der Waals surface area contributed by atoms with Crippen molar-refractivity contribution in [2.24, 2.45) is 11.8 Å². The Morgan fingerprint density at radius 1 is 1.07 bits per heavy atom. The Balaban J connectivity index is 1.45. The van der Waals surface area contributed by atoms with Crippen LogP contribution in [0.4, 0.5) is 4.39 Å². The topological polar surface area (TPSA) is 35.5 Å². The highest BCUT2D eigenvalue weighted by Gasteiger charge is 2.36. The fraction of sp³-hybridized carbons (Fsp3) is 0.435. The monoisotopic (exact) mass is 368 g/mol. The number of rotatable bonds is 5. The van der Waals surface area contributed by atoms with Crippen LogP contribution in [0.15, 0.2) is 42.5 Å². The van der Waals surface area contributed by atoms with E-state index in [1.807, 2.05) is 12.1 Å². The second-order valence-corrected chi connectivity index (χ2v) is 7.66. The fourth-order valence-corrected chi connectivity index (χ4v) is 4.62. The van der Waals surface area contributed by atoms with Crippen molar-refractivity contribution in [1.29, 1.82) is 0 Å². The number of hydrogen-bond acceptors (Lipinski definition) is 3. The summed E-state index contributed by atoms with van der Waals surface area (Å²) in [6, 6.07) is 12.2. The van der Waals surface area contributed by atoms with E-state index in [9.17, 15) is 9.18 Å². The third-order valence-electron chi connectivity index (χ3n) is 6.03. The third kappa shape index (κ3) is 3.85. The second-order valence-electron chi connectivity index (χ2n) is 7.66. The first-order valence-electron chi connectivity index (χ1n) is 9.88. The van der Waals surface area contributed by atoms with Gasteiger partial charge in [0.05, 0.1) is 12.2 Å². The Hall–Kier alpha value is -2.36. The van der Waals surface area contributed by atoms with E-state index < -0.39 is 11.8 Å². The van der Waals surface area contributed by atoms with Crippen molar-refractivity contribution < 1.29 is 18.7 Å². The summed E-state index contributed by atoms with van der Waals surface area (Å²) in [6.45, 7) is 1.97. The molecule has 3 aliphatic carbocycles. The molecule has 0 saturated heterocycles. The first kappa shape index (κ1) is 18.0. The van der Waals surface area contributed by atoms with Crippen LogP contribution in [0, 0.1) is 17.7 Å². The van der Waals surface area contributed by atoms with E-state index in [0.717, 1.165) is 17.9 Å². The van der Waals surface area contributed by atoms with Gasteiger partial charge >= 0.3 is 5.97 Å². The number of fused-ring (bicyclic) bond motifs is 3. The van der Waals surface area contributed by atoms with Gasteiger partial charge in [-0.3, -0.25) is 0 Å². The molecule has 0 aliphatic heterocycles. The van der Waals surface area contributed by atoms with Crippen LogP contribution in [0.1, 0.15) is 60.9 Å². The van der Waals surface area contributed by atoms with Gasteiger partial charge in [-0.25, -0.2) is 9.18 Å². The molecule has 2 bridgehead atoms. The summed E-state index contributed by atoms with van der Waals surface area (Å²) in [7, 11) is 0. The lowest BCUT2D eigenvalue weighted by Gasteiger charge is -2.42. The molecule has 0 radical (unpaired) electrons. The minimum Gasteiger partial charge on any atom is -0.462 e. The first-order valence-corrected chi connectivity index (χ1v) is 9.88. The molecular formula is C23H25FO3. The molecule has 0 spiro atoms. The van der Waals surface area contributed by atoms with Crippen molar-refractivity contribution in [2.75, 3.05) is 6.61 Å². The van der Waals surface area contributed by atoms with Gasteiger partial charge in [0.25, 0.3) is 0 Å². The number of hydrogen-bond donors (Lipinski definition) is 0. The molecule has 142 valence electrons. The molecular weight excluding hydrogens is 343 g/mol. The Labute approximate surface area is 159 Å². The second kappa shape index (κ2) is 7.71. The van der Waals surface area contributed by atoms with E-state index in [0.29, 0.717) is 11.7 Å². The quantitative estimate of drug-likeness (QED) is 0.599. The van der Waals surface area contributed by atoms with E-state index in [-0.39, 0.29) is 17.9 Å². The molecule has 3 nitrogen and oxygen atoms in total. The maximum absolute atomic E-state index is 14.3. The molecule has 1 unspecified atom stereocenters. The normalized spacial score (nSPS) is 23.9. The highest BCUT2D eigenvalue weighted by molar-refractivity contribution is 5.89. The van der Waals surface area contributed by atoms with Gasteiger partial charge in [-0.15, -0.1) is 0 Å². The van der Waals surface area contributed by atoms with Crippen molar-refractivity contribution >= 4 is 5.97 Å². The smallest absolute Gasteiger partial charge is 0.338 e. The number of benzene rings is 2. The third-order valence-corrected chi connectivity index (χ3v) is 6.03. The molecule has 2 aromatic rings. The molecule has 1 atom stereocenters. The summed E-state index contributed by atoms with van der Waals surface area (Å²) in [5, 5.41) is 0. The Morgan fingerprint density at radius 3 is 2.41 bits per heavy atom. The van der Waals surface area contributed by atoms with Crippen LogP contribution >= 0.6 is 0 Å². The Bertz CT molecular complexity index is 807. The average molecular weight is 368 g/mol. The summed E-state index contributed by atoms with van der Waals surface area (Å²) in [5.41, 5.74) is 1.55. The van der Waals surface area contributed by atoms with E-state index in [2.05, 4.69) is 12.1 Å². The van der Waals surface area contributed by atoms with Crippen LogP contribution in [0.5, 0.6) is 11.5 Å². The number of esters is 1. The predicted molar refractivity (Wildman–Crippen MR) is 102 cm³/mol. The van der Waals surface area contributed by atoms with Gasteiger partial charge in [-0.05, 0) is 79.8 Å². The molecule has 0 amide bonds. The van der Waals surface area contributed by atoms with Gasteiger partial charge in [0.1, 0.15) is 5.75 Å². The van der Waals surface area contributed by atoms with Crippen LogP contribution in [0.2, 0.25) is 0 Å². The Morgan fingerprint density at radius 2 is 1.81 bits per heavy atom. The average Bonchev–Trinajstić information content (AvgIpc) is 2.71. The van der Waals surface area contributed by atoms with Crippen molar-refractivity contribution in [3.05, 3.63) is 59.4 Å². The van der Waals surface area contributed by atoms with E-state index in [4.69, 9.17) is 9.47 Å². The predicted octanol–water partition coefficient (Wildman–Crippen LogP) is 6.09. The van der Waals surface area contributed by atoms with E-state index in [1.165, 1.54) is 49.8 Å². The molecule has 0 heterocycles. The zero-order chi connectivity index (χ0) is 18.8. The number of carbonyl (C=O) groups is 1. The number of halogens is 1. The first-order chi connectivity index (χ1) is 13.1. The van der Waals surface area contributed by atoms with Gasteiger partial charge in [0.2, 0.25) is 0 Å². The maximum atomic E-state index is 14.3. The zero-order valence-corrected chi connectivity index (χ0v) is 15.6. The van der Waals surface area contributed by atoms with Gasteiger partial charge < -0.3 is 9.47 Å². The lowest BCUT2D eigenvalue weighted by Crippen LogP contribution is -2.29. The minimum atomic E-state index is -0.575. The van der Waals surface area contributed by atoms with Crippen LogP contribution in [0.25, 0.3) is 0 Å².